The van der Waals surface area contributed by atoms with Crippen LogP contribution >= 0.6 is 35.3 Å². The third-order valence-electron chi connectivity index (χ3n) is 2.94. The number of thiophene rings is 1. The normalized spacial score (nSPS) is 11.6. The molecular formula is C15H18F3IN4OS. The number of nitrogens with one attached hydrogen (secondary N) is 2. The first-order valence-corrected chi connectivity index (χ1v) is 8.00. The Morgan fingerprint density at radius 1 is 1.28 bits per heavy atom. The van der Waals surface area contributed by atoms with Gasteiger partial charge in [-0.3, -0.25) is 4.99 Å². The number of aliphatic imine (C=N–C) groups is 1. The molecule has 5 nitrogen and oxygen atoms in total. The smallest absolute Gasteiger partial charge is 0.417 e. The van der Waals surface area contributed by atoms with E-state index in [0.717, 1.165) is 12.3 Å². The minimum atomic E-state index is -4.40. The molecule has 0 saturated carbocycles. The van der Waals surface area contributed by atoms with Crippen LogP contribution in [0.2, 0.25) is 0 Å². The summed E-state index contributed by atoms with van der Waals surface area (Å²) < 4.78 is 42.6. The number of hydrogen-bond acceptors (Lipinski definition) is 4. The molecular weight excluding hydrogens is 468 g/mol. The summed E-state index contributed by atoms with van der Waals surface area (Å²) >= 11 is 1.65. The Kier molecular flexibility index (Phi) is 8.97. The molecule has 0 aliphatic rings. The zero-order valence-electron chi connectivity index (χ0n) is 13.3. The predicted molar refractivity (Wildman–Crippen MR) is 103 cm³/mol. The van der Waals surface area contributed by atoms with E-state index in [1.807, 2.05) is 17.5 Å². The zero-order valence-corrected chi connectivity index (χ0v) is 16.5. The lowest BCUT2D eigenvalue weighted by molar-refractivity contribution is -0.137. The van der Waals surface area contributed by atoms with Crippen LogP contribution in [0.3, 0.4) is 0 Å². The van der Waals surface area contributed by atoms with Gasteiger partial charge in [-0.25, -0.2) is 4.98 Å². The largest absolute Gasteiger partial charge is 0.476 e. The molecule has 25 heavy (non-hydrogen) atoms. The molecule has 2 aromatic heterocycles. The highest BCUT2D eigenvalue weighted by Crippen LogP contribution is 2.29. The van der Waals surface area contributed by atoms with Crippen LogP contribution in [0.5, 0.6) is 5.88 Å². The van der Waals surface area contributed by atoms with Gasteiger partial charge in [0.15, 0.2) is 5.96 Å². The van der Waals surface area contributed by atoms with E-state index in [1.165, 1.54) is 10.9 Å². The number of halogens is 4. The van der Waals surface area contributed by atoms with Crippen LogP contribution in [0.25, 0.3) is 0 Å². The van der Waals surface area contributed by atoms with E-state index in [0.29, 0.717) is 19.0 Å². The van der Waals surface area contributed by atoms with Crippen molar-refractivity contribution in [3.63, 3.8) is 0 Å². The molecule has 0 fully saturated rings. The van der Waals surface area contributed by atoms with Gasteiger partial charge < -0.3 is 15.4 Å². The van der Waals surface area contributed by atoms with Crippen molar-refractivity contribution in [1.82, 2.24) is 15.6 Å². The Hall–Kier alpha value is -1.56. The minimum absolute atomic E-state index is 0. The maximum atomic E-state index is 12.4. The third-order valence-corrected chi connectivity index (χ3v) is 3.82. The molecule has 0 aliphatic carbocycles. The van der Waals surface area contributed by atoms with E-state index in [1.54, 1.807) is 18.4 Å². The quantitative estimate of drug-likeness (QED) is 0.284. The minimum Gasteiger partial charge on any atom is -0.476 e. The number of hydrogen-bond donors (Lipinski definition) is 2. The summed E-state index contributed by atoms with van der Waals surface area (Å²) in [6.45, 7) is 1.35. The van der Waals surface area contributed by atoms with Gasteiger partial charge in [0, 0.05) is 24.2 Å². The molecule has 10 heteroatoms. The highest BCUT2D eigenvalue weighted by Gasteiger charge is 2.30. The molecule has 0 spiro atoms. The molecule has 0 atom stereocenters. The average molecular weight is 486 g/mol. The number of aromatic nitrogens is 1. The van der Waals surface area contributed by atoms with Crippen LogP contribution in [0, 0.1) is 0 Å². The van der Waals surface area contributed by atoms with Crippen molar-refractivity contribution >= 4 is 41.3 Å². The molecule has 0 bridgehead atoms. The van der Waals surface area contributed by atoms with E-state index in [4.69, 9.17) is 4.74 Å². The molecule has 0 aromatic carbocycles. The van der Waals surface area contributed by atoms with Gasteiger partial charge in [0.2, 0.25) is 5.88 Å². The van der Waals surface area contributed by atoms with Crippen LogP contribution in [0.1, 0.15) is 10.4 Å². The molecule has 2 N–H and O–H groups in total. The van der Waals surface area contributed by atoms with Gasteiger partial charge in [0.25, 0.3) is 0 Å². The third kappa shape index (κ3) is 7.46. The van der Waals surface area contributed by atoms with Crippen LogP contribution < -0.4 is 15.4 Å². The standard InChI is InChI=1S/C15H17F3N4OS.HI/c1-19-14(22-10-12-3-2-8-24-12)20-6-7-23-13-5-4-11(9-21-13)15(16,17)18;/h2-5,8-9H,6-7,10H2,1H3,(H2,19,20,22);1H. The lowest BCUT2D eigenvalue weighted by atomic mass is 10.3. The molecule has 2 rings (SSSR count). The Morgan fingerprint density at radius 2 is 2.08 bits per heavy atom. The second kappa shape index (κ2) is 10.4. The summed E-state index contributed by atoms with van der Waals surface area (Å²) in [5, 5.41) is 8.19. The van der Waals surface area contributed by atoms with Crippen LogP contribution in [-0.4, -0.2) is 31.1 Å². The van der Waals surface area contributed by atoms with Gasteiger partial charge in [0.05, 0.1) is 18.7 Å². The van der Waals surface area contributed by atoms with Gasteiger partial charge in [-0.05, 0) is 17.5 Å². The highest BCUT2D eigenvalue weighted by atomic mass is 127. The summed E-state index contributed by atoms with van der Waals surface area (Å²) in [5.41, 5.74) is -0.800. The van der Waals surface area contributed by atoms with Gasteiger partial charge in [0.1, 0.15) is 6.61 Å². The Morgan fingerprint density at radius 3 is 2.64 bits per heavy atom. The fourth-order valence-electron chi connectivity index (χ4n) is 1.76. The van der Waals surface area contributed by atoms with Crippen molar-refractivity contribution in [2.24, 2.45) is 4.99 Å². The molecule has 0 aliphatic heterocycles. The van der Waals surface area contributed by atoms with Gasteiger partial charge in [-0.2, -0.15) is 13.2 Å². The number of guanidine groups is 1. The maximum Gasteiger partial charge on any atom is 0.417 e. The second-order valence-corrected chi connectivity index (χ2v) is 5.70. The fourth-order valence-corrected chi connectivity index (χ4v) is 2.41. The molecule has 0 amide bonds. The zero-order chi connectivity index (χ0) is 17.4. The van der Waals surface area contributed by atoms with Crippen molar-refractivity contribution in [3.05, 3.63) is 46.3 Å². The summed E-state index contributed by atoms with van der Waals surface area (Å²) in [7, 11) is 1.65. The van der Waals surface area contributed by atoms with Crippen molar-refractivity contribution in [3.8, 4) is 5.88 Å². The van der Waals surface area contributed by atoms with E-state index < -0.39 is 11.7 Å². The summed E-state index contributed by atoms with van der Waals surface area (Å²) in [6.07, 6.45) is -3.64. The lowest BCUT2D eigenvalue weighted by Gasteiger charge is -2.12. The summed E-state index contributed by atoms with van der Waals surface area (Å²) in [6, 6.07) is 6.14. The second-order valence-electron chi connectivity index (χ2n) is 4.66. The van der Waals surface area contributed by atoms with Gasteiger partial charge in [-0.15, -0.1) is 35.3 Å². The first-order chi connectivity index (χ1) is 11.5. The molecule has 0 radical (unpaired) electrons. The maximum absolute atomic E-state index is 12.4. The molecule has 2 heterocycles. The van der Waals surface area contributed by atoms with E-state index in [9.17, 15) is 13.2 Å². The van der Waals surface area contributed by atoms with Crippen LogP contribution in [-0.2, 0) is 12.7 Å². The van der Waals surface area contributed by atoms with Crippen molar-refractivity contribution in [1.29, 1.82) is 0 Å². The van der Waals surface area contributed by atoms with Crippen LogP contribution in [0.15, 0.2) is 40.8 Å². The summed E-state index contributed by atoms with van der Waals surface area (Å²) in [4.78, 5) is 8.89. The Bertz CT molecular complexity index is 648. The highest BCUT2D eigenvalue weighted by molar-refractivity contribution is 14.0. The average Bonchev–Trinajstić information content (AvgIpc) is 3.07. The number of rotatable bonds is 6. The van der Waals surface area contributed by atoms with E-state index >= 15 is 0 Å². The SMILES string of the molecule is CN=C(NCCOc1ccc(C(F)(F)F)cn1)NCc1cccs1.I. The monoisotopic (exact) mass is 486 g/mol. The van der Waals surface area contributed by atoms with Crippen molar-refractivity contribution in [2.75, 3.05) is 20.2 Å². The van der Waals surface area contributed by atoms with Crippen LogP contribution in [0.4, 0.5) is 13.2 Å². The fraction of sp³-hybridized carbons (Fsp3) is 0.333. The summed E-state index contributed by atoms with van der Waals surface area (Å²) in [5.74, 6) is 0.763. The number of alkyl halides is 3. The number of ether oxygens (including phenoxy) is 1. The first kappa shape index (κ1) is 21.5. The molecule has 138 valence electrons. The predicted octanol–water partition coefficient (Wildman–Crippen LogP) is 3.52. The lowest BCUT2D eigenvalue weighted by Crippen LogP contribution is -2.38. The van der Waals surface area contributed by atoms with E-state index in [2.05, 4.69) is 20.6 Å². The van der Waals surface area contributed by atoms with Gasteiger partial charge in [-0.1, -0.05) is 6.07 Å². The van der Waals surface area contributed by atoms with Crippen molar-refractivity contribution < 1.29 is 17.9 Å². The molecule has 0 saturated heterocycles. The van der Waals surface area contributed by atoms with Gasteiger partial charge >= 0.3 is 6.18 Å². The first-order valence-electron chi connectivity index (χ1n) is 7.12. The topological polar surface area (TPSA) is 58.5 Å². The number of pyridine rings is 1. The Labute approximate surface area is 164 Å². The number of nitrogens with zero attached hydrogens (tertiary/aromatic N) is 2. The molecule has 0 unspecified atom stereocenters. The van der Waals surface area contributed by atoms with Crippen molar-refractivity contribution in [2.45, 2.75) is 12.7 Å². The van der Waals surface area contributed by atoms with E-state index in [-0.39, 0.29) is 36.5 Å². The Balaban J connectivity index is 0.00000312. The molecule has 2 aromatic rings.